The third-order valence-corrected chi connectivity index (χ3v) is 5.12. The Morgan fingerprint density at radius 2 is 1.88 bits per heavy atom. The van der Waals surface area contributed by atoms with E-state index < -0.39 is 0 Å². The maximum Gasteiger partial charge on any atom is 0.238 e. The number of para-hydroxylation sites is 1. The van der Waals surface area contributed by atoms with Gasteiger partial charge in [-0.3, -0.25) is 9.69 Å². The van der Waals surface area contributed by atoms with Gasteiger partial charge in [0.15, 0.2) is 0 Å². The van der Waals surface area contributed by atoms with Crippen LogP contribution >= 0.6 is 23.2 Å². The van der Waals surface area contributed by atoms with Crippen molar-refractivity contribution in [2.75, 3.05) is 18.9 Å². The lowest BCUT2D eigenvalue weighted by Gasteiger charge is -2.32. The van der Waals surface area contributed by atoms with Crippen LogP contribution in [0.2, 0.25) is 10.0 Å². The molecule has 5 heteroatoms. The molecule has 3 rings (SSSR count). The van der Waals surface area contributed by atoms with Crippen molar-refractivity contribution < 1.29 is 4.79 Å². The molecule has 0 bridgehead atoms. The largest absolute Gasteiger partial charge is 0.322 e. The summed E-state index contributed by atoms with van der Waals surface area (Å²) in [6.45, 7) is 0.292. The fraction of sp³-hybridized carbons (Fsp3) is 0.316. The molecule has 0 radical (unpaired) electrons. The molecule has 0 spiro atoms. The second-order valence-electron chi connectivity index (χ2n) is 6.17. The first kappa shape index (κ1) is 17.3. The van der Waals surface area contributed by atoms with Gasteiger partial charge in [0.2, 0.25) is 5.91 Å². The molecule has 0 aromatic heterocycles. The van der Waals surface area contributed by atoms with Gasteiger partial charge in [0, 0.05) is 6.04 Å². The Morgan fingerprint density at radius 1 is 1.17 bits per heavy atom. The van der Waals surface area contributed by atoms with E-state index in [2.05, 4.69) is 34.5 Å². The van der Waals surface area contributed by atoms with E-state index in [4.69, 9.17) is 23.2 Å². The van der Waals surface area contributed by atoms with Gasteiger partial charge in [-0.25, -0.2) is 0 Å². The van der Waals surface area contributed by atoms with Crippen LogP contribution in [0.4, 0.5) is 5.69 Å². The van der Waals surface area contributed by atoms with Crippen LogP contribution < -0.4 is 5.32 Å². The van der Waals surface area contributed by atoms with Gasteiger partial charge in [-0.1, -0.05) is 53.5 Å². The molecule has 0 heterocycles. The normalized spacial score (nSPS) is 16.8. The number of hydrogen-bond donors (Lipinski definition) is 1. The minimum atomic E-state index is -0.115. The van der Waals surface area contributed by atoms with Crippen LogP contribution in [0.25, 0.3) is 0 Å². The van der Waals surface area contributed by atoms with Crippen LogP contribution in [0.3, 0.4) is 0 Å². The fourth-order valence-corrected chi connectivity index (χ4v) is 3.81. The number of aryl methyl sites for hydroxylation is 1. The van der Waals surface area contributed by atoms with Crippen LogP contribution in [0.15, 0.2) is 42.5 Å². The second-order valence-corrected chi connectivity index (χ2v) is 6.98. The average molecular weight is 363 g/mol. The molecule has 2 aromatic rings. The Hall–Kier alpha value is -1.55. The molecule has 0 aliphatic heterocycles. The highest BCUT2D eigenvalue weighted by atomic mass is 35.5. The molecule has 1 aliphatic rings. The summed E-state index contributed by atoms with van der Waals surface area (Å²) in [7, 11) is 1.99. The van der Waals surface area contributed by atoms with Crippen molar-refractivity contribution in [1.29, 1.82) is 0 Å². The van der Waals surface area contributed by atoms with Crippen molar-refractivity contribution in [3.63, 3.8) is 0 Å². The molecule has 0 saturated heterocycles. The maximum atomic E-state index is 12.4. The summed E-state index contributed by atoms with van der Waals surface area (Å²) in [4.78, 5) is 14.5. The number of benzene rings is 2. The summed E-state index contributed by atoms with van der Waals surface area (Å²) >= 11 is 12.2. The van der Waals surface area contributed by atoms with E-state index in [1.165, 1.54) is 11.1 Å². The Morgan fingerprint density at radius 3 is 2.62 bits per heavy atom. The van der Waals surface area contributed by atoms with Crippen molar-refractivity contribution in [3.8, 4) is 0 Å². The highest BCUT2D eigenvalue weighted by molar-refractivity contribution is 6.39. The molecule has 3 nitrogen and oxygen atoms in total. The van der Waals surface area contributed by atoms with E-state index in [1.807, 2.05) is 7.05 Å². The van der Waals surface area contributed by atoms with E-state index in [0.717, 1.165) is 19.3 Å². The lowest BCUT2D eigenvalue weighted by Crippen LogP contribution is -2.35. The molecule has 2 aromatic carbocycles. The van der Waals surface area contributed by atoms with Crippen molar-refractivity contribution >= 4 is 34.8 Å². The van der Waals surface area contributed by atoms with E-state index >= 15 is 0 Å². The minimum Gasteiger partial charge on any atom is -0.322 e. The maximum absolute atomic E-state index is 12.4. The third-order valence-electron chi connectivity index (χ3n) is 4.49. The summed E-state index contributed by atoms with van der Waals surface area (Å²) in [5.41, 5.74) is 3.19. The van der Waals surface area contributed by atoms with Gasteiger partial charge in [-0.05, 0) is 49.6 Å². The SMILES string of the molecule is CN(CC(=O)Nc1c(Cl)cccc1Cl)[C@@H]1CCCc2ccccc21. The number of rotatable bonds is 4. The third kappa shape index (κ3) is 3.75. The van der Waals surface area contributed by atoms with Crippen LogP contribution in [0.1, 0.15) is 30.0 Å². The highest BCUT2D eigenvalue weighted by Gasteiger charge is 2.24. The van der Waals surface area contributed by atoms with Gasteiger partial charge in [-0.2, -0.15) is 0 Å². The fourth-order valence-electron chi connectivity index (χ4n) is 3.32. The molecule has 0 saturated carbocycles. The number of halogens is 2. The van der Waals surface area contributed by atoms with Crippen LogP contribution in [0.5, 0.6) is 0 Å². The summed E-state index contributed by atoms with van der Waals surface area (Å²) < 4.78 is 0. The summed E-state index contributed by atoms with van der Waals surface area (Å²) in [6, 6.07) is 13.9. The Balaban J connectivity index is 1.69. The van der Waals surface area contributed by atoms with Crippen molar-refractivity contribution in [2.24, 2.45) is 0 Å². The summed E-state index contributed by atoms with van der Waals surface area (Å²) in [5.74, 6) is -0.115. The number of likely N-dealkylation sites (N-methyl/N-ethyl adjacent to an activating group) is 1. The minimum absolute atomic E-state index is 0.115. The van der Waals surface area contributed by atoms with Gasteiger partial charge in [0.05, 0.1) is 22.3 Å². The molecule has 126 valence electrons. The first-order valence-corrected chi connectivity index (χ1v) is 8.84. The Kier molecular flexibility index (Phi) is 5.44. The first-order valence-electron chi connectivity index (χ1n) is 8.08. The predicted octanol–water partition coefficient (Wildman–Crippen LogP) is 4.94. The summed E-state index contributed by atoms with van der Waals surface area (Å²) in [5, 5.41) is 3.72. The van der Waals surface area contributed by atoms with Crippen molar-refractivity contribution in [3.05, 3.63) is 63.6 Å². The standard InChI is InChI=1S/C19H20Cl2N2O/c1-23(17-11-4-7-13-6-2-3-8-14(13)17)12-18(24)22-19-15(20)9-5-10-16(19)21/h2-3,5-6,8-10,17H,4,7,11-12H2,1H3,(H,22,24)/t17-/m1/s1. The molecule has 0 fully saturated rings. The summed E-state index contributed by atoms with van der Waals surface area (Å²) in [6.07, 6.45) is 3.32. The Bertz CT molecular complexity index is 728. The molecule has 1 N–H and O–H groups in total. The first-order chi connectivity index (χ1) is 11.6. The number of carbonyl (C=O) groups excluding carboxylic acids is 1. The number of carbonyl (C=O) groups is 1. The predicted molar refractivity (Wildman–Crippen MR) is 99.8 cm³/mol. The lowest BCUT2D eigenvalue weighted by molar-refractivity contribution is -0.117. The molecule has 1 aliphatic carbocycles. The van der Waals surface area contributed by atoms with E-state index in [-0.39, 0.29) is 11.9 Å². The highest BCUT2D eigenvalue weighted by Crippen LogP contribution is 2.34. The van der Waals surface area contributed by atoms with Gasteiger partial charge in [0.25, 0.3) is 0 Å². The molecule has 1 amide bonds. The number of nitrogens with zero attached hydrogens (tertiary/aromatic N) is 1. The van der Waals surface area contributed by atoms with Crippen LogP contribution in [0, 0.1) is 0 Å². The lowest BCUT2D eigenvalue weighted by atomic mass is 9.87. The molecule has 0 unspecified atom stereocenters. The van der Waals surface area contributed by atoms with E-state index in [1.54, 1.807) is 18.2 Å². The molecular weight excluding hydrogens is 343 g/mol. The van der Waals surface area contributed by atoms with Gasteiger partial charge in [-0.15, -0.1) is 0 Å². The van der Waals surface area contributed by atoms with Gasteiger partial charge in [0.1, 0.15) is 0 Å². The number of amides is 1. The molecular formula is C19H20Cl2N2O. The quantitative estimate of drug-likeness (QED) is 0.834. The van der Waals surface area contributed by atoms with E-state index in [9.17, 15) is 4.79 Å². The number of nitrogens with one attached hydrogen (secondary N) is 1. The monoisotopic (exact) mass is 362 g/mol. The van der Waals surface area contributed by atoms with Gasteiger partial charge < -0.3 is 5.32 Å². The second kappa shape index (κ2) is 7.56. The van der Waals surface area contributed by atoms with Crippen LogP contribution in [-0.2, 0) is 11.2 Å². The zero-order chi connectivity index (χ0) is 17.1. The molecule has 1 atom stereocenters. The number of hydrogen-bond acceptors (Lipinski definition) is 2. The number of anilines is 1. The van der Waals surface area contributed by atoms with Gasteiger partial charge >= 0.3 is 0 Å². The number of fused-ring (bicyclic) bond motifs is 1. The zero-order valence-corrected chi connectivity index (χ0v) is 15.1. The van der Waals surface area contributed by atoms with E-state index in [0.29, 0.717) is 22.3 Å². The van der Waals surface area contributed by atoms with Crippen LogP contribution in [-0.4, -0.2) is 24.4 Å². The van der Waals surface area contributed by atoms with Crippen molar-refractivity contribution in [2.45, 2.75) is 25.3 Å². The topological polar surface area (TPSA) is 32.3 Å². The Labute approximate surface area is 152 Å². The average Bonchev–Trinajstić information content (AvgIpc) is 2.57. The smallest absolute Gasteiger partial charge is 0.238 e. The molecule has 24 heavy (non-hydrogen) atoms. The van der Waals surface area contributed by atoms with Crippen molar-refractivity contribution in [1.82, 2.24) is 4.90 Å². The zero-order valence-electron chi connectivity index (χ0n) is 13.6.